The first-order valence-electron chi connectivity index (χ1n) is 4.47. The highest BCUT2D eigenvalue weighted by Gasteiger charge is 2.49. The molecule has 0 radical (unpaired) electrons. The minimum absolute atomic E-state index is 0.137. The smallest absolute Gasteiger partial charge is 0.350 e. The molecule has 1 fully saturated rings. The van der Waals surface area contributed by atoms with E-state index in [2.05, 4.69) is 0 Å². The van der Waals surface area contributed by atoms with E-state index in [1.807, 2.05) is 6.92 Å². The molecule has 0 spiro atoms. The molecule has 1 saturated heterocycles. The molecule has 0 saturated carbocycles. The summed E-state index contributed by atoms with van der Waals surface area (Å²) >= 11 is 0. The zero-order valence-electron chi connectivity index (χ0n) is 7.96. The van der Waals surface area contributed by atoms with Crippen molar-refractivity contribution in [2.75, 3.05) is 6.61 Å². The van der Waals surface area contributed by atoms with Crippen LogP contribution < -0.4 is 0 Å². The lowest BCUT2D eigenvalue weighted by molar-refractivity contribution is -0.204. The topological polar surface area (TPSA) is 52.6 Å². The molecule has 13 heavy (non-hydrogen) atoms. The van der Waals surface area contributed by atoms with Gasteiger partial charge in [0.25, 0.3) is 0 Å². The molecular formula is C9H14O4. The third-order valence-electron chi connectivity index (χ3n) is 1.98. The summed E-state index contributed by atoms with van der Waals surface area (Å²) in [5.74, 6) is -0.768. The predicted molar refractivity (Wildman–Crippen MR) is 45.0 cm³/mol. The Hall–Kier alpha value is -1.06. The molecule has 0 N–H and O–H groups in total. The molecular weight excluding hydrogens is 172 g/mol. The van der Waals surface area contributed by atoms with Gasteiger partial charge in [0, 0.05) is 0 Å². The molecule has 4 heteroatoms. The van der Waals surface area contributed by atoms with Gasteiger partial charge in [-0.2, -0.15) is 0 Å². The van der Waals surface area contributed by atoms with E-state index < -0.39 is 11.6 Å². The highest BCUT2D eigenvalue weighted by Crippen LogP contribution is 2.28. The molecule has 0 bridgehead atoms. The zero-order valence-corrected chi connectivity index (χ0v) is 7.96. The van der Waals surface area contributed by atoms with Crippen LogP contribution in [-0.4, -0.2) is 24.1 Å². The van der Waals surface area contributed by atoms with Crippen LogP contribution in [0.1, 0.15) is 33.1 Å². The molecule has 1 aliphatic rings. The van der Waals surface area contributed by atoms with Gasteiger partial charge in [0.1, 0.15) is 0 Å². The van der Waals surface area contributed by atoms with Gasteiger partial charge in [-0.1, -0.05) is 13.3 Å². The largest absolute Gasteiger partial charge is 0.463 e. The Kier molecular flexibility index (Phi) is 2.90. The number of unbranched alkanes of at least 4 members (excludes halogenated alkanes) is 1. The van der Waals surface area contributed by atoms with Gasteiger partial charge in [0.2, 0.25) is 5.60 Å². The first kappa shape index (κ1) is 10.0. The Balaban J connectivity index is 2.27. The Morgan fingerprint density at radius 3 is 2.77 bits per heavy atom. The highest BCUT2D eigenvalue weighted by atomic mass is 16.6. The van der Waals surface area contributed by atoms with Gasteiger partial charge in [-0.05, 0) is 13.3 Å². The molecule has 1 unspecified atom stereocenters. The molecule has 1 heterocycles. The van der Waals surface area contributed by atoms with Crippen LogP contribution >= 0.6 is 0 Å². The lowest BCUT2D eigenvalue weighted by Gasteiger charge is -2.34. The second-order valence-corrected chi connectivity index (χ2v) is 3.37. The summed E-state index contributed by atoms with van der Waals surface area (Å²) in [6.45, 7) is 3.99. The van der Waals surface area contributed by atoms with Crippen LogP contribution in [0.25, 0.3) is 0 Å². The van der Waals surface area contributed by atoms with Crippen LogP contribution in [0.15, 0.2) is 0 Å². The van der Waals surface area contributed by atoms with Crippen molar-refractivity contribution in [3.8, 4) is 0 Å². The lowest BCUT2D eigenvalue weighted by atomic mass is 9.97. The summed E-state index contributed by atoms with van der Waals surface area (Å²) in [4.78, 5) is 21.8. The summed E-state index contributed by atoms with van der Waals surface area (Å²) < 4.78 is 9.63. The molecule has 1 aliphatic heterocycles. The SMILES string of the molecule is CCCCOC(=O)C1(C)CC(=O)O1. The first-order chi connectivity index (χ1) is 6.08. The van der Waals surface area contributed by atoms with E-state index in [-0.39, 0.29) is 12.4 Å². The second-order valence-electron chi connectivity index (χ2n) is 3.37. The number of hydrogen-bond acceptors (Lipinski definition) is 4. The third kappa shape index (κ3) is 2.20. The van der Waals surface area contributed by atoms with Crippen LogP contribution in [0, 0.1) is 0 Å². The molecule has 0 aromatic rings. The zero-order chi connectivity index (χ0) is 9.90. The third-order valence-corrected chi connectivity index (χ3v) is 1.98. The summed E-state index contributed by atoms with van der Waals surface area (Å²) in [6.07, 6.45) is 1.96. The Labute approximate surface area is 77.2 Å². The highest BCUT2D eigenvalue weighted by molar-refractivity contribution is 5.93. The van der Waals surface area contributed by atoms with Gasteiger partial charge in [0.15, 0.2) is 0 Å². The standard InChI is InChI=1S/C9H14O4/c1-3-4-5-12-8(11)9(2)6-7(10)13-9/h3-6H2,1-2H3. The van der Waals surface area contributed by atoms with E-state index >= 15 is 0 Å². The van der Waals surface area contributed by atoms with Crippen LogP contribution in [-0.2, 0) is 19.1 Å². The summed E-state index contributed by atoms with van der Waals surface area (Å²) in [7, 11) is 0. The van der Waals surface area contributed by atoms with Crippen molar-refractivity contribution in [2.45, 2.75) is 38.7 Å². The molecule has 74 valence electrons. The van der Waals surface area contributed by atoms with Crippen LogP contribution in [0.4, 0.5) is 0 Å². The number of rotatable bonds is 4. The lowest BCUT2D eigenvalue weighted by Crippen LogP contribution is -2.52. The monoisotopic (exact) mass is 186 g/mol. The summed E-state index contributed by atoms with van der Waals surface area (Å²) in [5, 5.41) is 0. The number of carbonyl (C=O) groups is 2. The Morgan fingerprint density at radius 1 is 1.69 bits per heavy atom. The average Bonchev–Trinajstić information content (AvgIpc) is 2.02. The van der Waals surface area contributed by atoms with Gasteiger partial charge in [-0.25, -0.2) is 4.79 Å². The summed E-state index contributed by atoms with van der Waals surface area (Å²) in [5.41, 5.74) is -1.01. The van der Waals surface area contributed by atoms with Gasteiger partial charge < -0.3 is 9.47 Å². The number of esters is 2. The van der Waals surface area contributed by atoms with Crippen molar-refractivity contribution < 1.29 is 19.1 Å². The van der Waals surface area contributed by atoms with E-state index in [9.17, 15) is 9.59 Å². The van der Waals surface area contributed by atoms with Crippen LogP contribution in [0.3, 0.4) is 0 Å². The summed E-state index contributed by atoms with van der Waals surface area (Å²) in [6, 6.07) is 0. The maximum atomic E-state index is 11.3. The molecule has 0 amide bonds. The Bertz CT molecular complexity index is 214. The normalized spacial score (nSPS) is 26.2. The van der Waals surface area contributed by atoms with E-state index in [1.54, 1.807) is 6.92 Å². The molecule has 0 aliphatic carbocycles. The van der Waals surface area contributed by atoms with E-state index in [0.29, 0.717) is 6.61 Å². The second kappa shape index (κ2) is 3.77. The van der Waals surface area contributed by atoms with Gasteiger partial charge in [0.05, 0.1) is 13.0 Å². The molecule has 1 rings (SSSR count). The predicted octanol–water partition coefficient (Wildman–Crippen LogP) is 1.04. The Morgan fingerprint density at radius 2 is 2.31 bits per heavy atom. The molecule has 4 nitrogen and oxygen atoms in total. The van der Waals surface area contributed by atoms with Crippen molar-refractivity contribution in [3.05, 3.63) is 0 Å². The van der Waals surface area contributed by atoms with E-state index in [1.165, 1.54) is 0 Å². The van der Waals surface area contributed by atoms with Crippen molar-refractivity contribution in [3.63, 3.8) is 0 Å². The molecule has 0 aromatic heterocycles. The number of cyclic esters (lactones) is 1. The van der Waals surface area contributed by atoms with Crippen molar-refractivity contribution in [2.24, 2.45) is 0 Å². The minimum Gasteiger partial charge on any atom is -0.463 e. The minimum atomic E-state index is -1.01. The molecule has 0 aromatic carbocycles. The van der Waals surface area contributed by atoms with Crippen LogP contribution in [0.2, 0.25) is 0 Å². The number of ether oxygens (including phenoxy) is 2. The van der Waals surface area contributed by atoms with E-state index in [4.69, 9.17) is 9.47 Å². The van der Waals surface area contributed by atoms with Crippen LogP contribution in [0.5, 0.6) is 0 Å². The van der Waals surface area contributed by atoms with Gasteiger partial charge in [-0.15, -0.1) is 0 Å². The maximum Gasteiger partial charge on any atom is 0.350 e. The quantitative estimate of drug-likeness (QED) is 0.486. The van der Waals surface area contributed by atoms with E-state index in [0.717, 1.165) is 12.8 Å². The maximum absolute atomic E-state index is 11.3. The fraction of sp³-hybridized carbons (Fsp3) is 0.778. The average molecular weight is 186 g/mol. The first-order valence-corrected chi connectivity index (χ1v) is 4.47. The van der Waals surface area contributed by atoms with Crippen molar-refractivity contribution in [1.29, 1.82) is 0 Å². The van der Waals surface area contributed by atoms with Crippen molar-refractivity contribution >= 4 is 11.9 Å². The fourth-order valence-electron chi connectivity index (χ4n) is 1.09. The van der Waals surface area contributed by atoms with Gasteiger partial charge in [-0.3, -0.25) is 4.79 Å². The van der Waals surface area contributed by atoms with Crippen molar-refractivity contribution in [1.82, 2.24) is 0 Å². The van der Waals surface area contributed by atoms with Gasteiger partial charge >= 0.3 is 11.9 Å². The fourth-order valence-corrected chi connectivity index (χ4v) is 1.09. The molecule has 1 atom stereocenters. The number of hydrogen-bond donors (Lipinski definition) is 0. The number of carbonyl (C=O) groups excluding carboxylic acids is 2.